The summed E-state index contributed by atoms with van der Waals surface area (Å²) in [6, 6.07) is 21.6. The molecule has 0 bridgehead atoms. The van der Waals surface area contributed by atoms with E-state index in [2.05, 4.69) is 34.2 Å². The standard InChI is InChI=1S/C27H26N4O3S3/c1-3-15-31-23(17-35-20-13-9-6-10-14-20)29-30-27(31)36-18-24(32)28-25-21(26(33)34-4-2)16-22(37-25)19-11-7-5-8-12-19/h3,5-14,16H,1,4,15,17-18H2,2H3,(H,28,32). The molecule has 0 radical (unpaired) electrons. The number of thioether (sulfide) groups is 2. The number of rotatable bonds is 12. The van der Waals surface area contributed by atoms with Gasteiger partial charge in [0.05, 0.1) is 23.7 Å². The molecule has 4 aromatic rings. The number of carbonyl (C=O) groups excluding carboxylic acids is 2. The van der Waals surface area contributed by atoms with Crippen molar-refractivity contribution in [2.45, 2.75) is 29.3 Å². The number of nitrogens with zero attached hydrogens (tertiary/aromatic N) is 3. The lowest BCUT2D eigenvalue weighted by atomic mass is 10.1. The van der Waals surface area contributed by atoms with E-state index in [0.717, 1.165) is 21.2 Å². The van der Waals surface area contributed by atoms with E-state index in [1.807, 2.05) is 53.1 Å². The molecule has 0 aliphatic rings. The van der Waals surface area contributed by atoms with Crippen molar-refractivity contribution in [3.8, 4) is 10.4 Å². The second-order valence-electron chi connectivity index (χ2n) is 7.68. The van der Waals surface area contributed by atoms with Gasteiger partial charge in [-0.3, -0.25) is 4.79 Å². The Bertz CT molecular complexity index is 1350. The quantitative estimate of drug-likeness (QED) is 0.124. The number of carbonyl (C=O) groups is 2. The summed E-state index contributed by atoms with van der Waals surface area (Å²) in [6.45, 7) is 6.39. The minimum atomic E-state index is -0.463. The van der Waals surface area contributed by atoms with E-state index in [1.165, 1.54) is 23.1 Å². The fraction of sp³-hybridized carbons (Fsp3) is 0.185. The van der Waals surface area contributed by atoms with E-state index in [-0.39, 0.29) is 18.3 Å². The maximum absolute atomic E-state index is 12.9. The van der Waals surface area contributed by atoms with Gasteiger partial charge in [0.25, 0.3) is 0 Å². The van der Waals surface area contributed by atoms with Crippen molar-refractivity contribution in [2.24, 2.45) is 0 Å². The number of anilines is 1. The fourth-order valence-corrected chi connectivity index (χ4v) is 6.08. The van der Waals surface area contributed by atoms with Crippen LogP contribution in [0.3, 0.4) is 0 Å². The van der Waals surface area contributed by atoms with E-state index in [9.17, 15) is 9.59 Å². The zero-order valence-corrected chi connectivity index (χ0v) is 22.7. The van der Waals surface area contributed by atoms with E-state index in [0.29, 0.717) is 28.0 Å². The summed E-state index contributed by atoms with van der Waals surface area (Å²) in [5.41, 5.74) is 1.31. The van der Waals surface area contributed by atoms with Gasteiger partial charge in [0.2, 0.25) is 5.91 Å². The van der Waals surface area contributed by atoms with Crippen molar-refractivity contribution in [2.75, 3.05) is 17.7 Å². The average molecular weight is 551 g/mol. The minimum absolute atomic E-state index is 0.113. The zero-order valence-electron chi connectivity index (χ0n) is 20.3. The third-order valence-electron chi connectivity index (χ3n) is 5.09. The van der Waals surface area contributed by atoms with E-state index in [1.54, 1.807) is 30.8 Å². The van der Waals surface area contributed by atoms with Gasteiger partial charge in [-0.15, -0.1) is 39.9 Å². The number of hydrogen-bond donors (Lipinski definition) is 1. The van der Waals surface area contributed by atoms with Gasteiger partial charge in [0, 0.05) is 16.3 Å². The first-order valence-electron chi connectivity index (χ1n) is 11.6. The molecule has 1 N–H and O–H groups in total. The van der Waals surface area contributed by atoms with Gasteiger partial charge >= 0.3 is 5.97 Å². The highest BCUT2D eigenvalue weighted by molar-refractivity contribution is 7.99. The predicted octanol–water partition coefficient (Wildman–Crippen LogP) is 6.39. The maximum Gasteiger partial charge on any atom is 0.341 e. The van der Waals surface area contributed by atoms with Gasteiger partial charge in [-0.1, -0.05) is 66.4 Å². The molecular formula is C27H26N4O3S3. The molecule has 0 aliphatic carbocycles. The topological polar surface area (TPSA) is 86.1 Å². The highest BCUT2D eigenvalue weighted by atomic mass is 32.2. The van der Waals surface area contributed by atoms with Crippen LogP contribution in [0.1, 0.15) is 23.1 Å². The largest absolute Gasteiger partial charge is 0.462 e. The summed E-state index contributed by atoms with van der Waals surface area (Å²) in [5.74, 6) is 0.868. The molecule has 2 aromatic carbocycles. The number of aromatic nitrogens is 3. The lowest BCUT2D eigenvalue weighted by molar-refractivity contribution is -0.113. The number of amides is 1. The molecule has 0 saturated carbocycles. The number of thiophene rings is 1. The Morgan fingerprint density at radius 2 is 1.81 bits per heavy atom. The first-order chi connectivity index (χ1) is 18.1. The van der Waals surface area contributed by atoms with Gasteiger partial charge in [-0.2, -0.15) is 0 Å². The van der Waals surface area contributed by atoms with Gasteiger partial charge in [0.15, 0.2) is 5.16 Å². The SMILES string of the molecule is C=CCn1c(CSc2ccccc2)nnc1SCC(=O)Nc1sc(-c2ccccc2)cc1C(=O)OCC. The average Bonchev–Trinajstić information content (AvgIpc) is 3.52. The molecule has 2 heterocycles. The Hall–Kier alpha value is -3.34. The second kappa shape index (κ2) is 13.3. The van der Waals surface area contributed by atoms with Crippen LogP contribution >= 0.6 is 34.9 Å². The van der Waals surface area contributed by atoms with Crippen molar-refractivity contribution in [3.05, 3.63) is 90.8 Å². The molecule has 37 heavy (non-hydrogen) atoms. The lowest BCUT2D eigenvalue weighted by Crippen LogP contribution is -2.16. The summed E-state index contributed by atoms with van der Waals surface area (Å²) in [5, 5.41) is 12.6. The van der Waals surface area contributed by atoms with Crippen LogP contribution in [0.25, 0.3) is 10.4 Å². The maximum atomic E-state index is 12.9. The van der Waals surface area contributed by atoms with Crippen molar-refractivity contribution in [1.29, 1.82) is 0 Å². The molecule has 4 rings (SSSR count). The van der Waals surface area contributed by atoms with Crippen molar-refractivity contribution >= 4 is 51.7 Å². The van der Waals surface area contributed by atoms with E-state index >= 15 is 0 Å². The number of esters is 1. The highest BCUT2D eigenvalue weighted by Gasteiger charge is 2.21. The van der Waals surface area contributed by atoms with Crippen molar-refractivity contribution in [1.82, 2.24) is 14.8 Å². The molecular weight excluding hydrogens is 525 g/mol. The molecule has 10 heteroatoms. The number of ether oxygens (including phenoxy) is 1. The molecule has 0 unspecified atom stereocenters. The molecule has 0 saturated heterocycles. The number of benzene rings is 2. The van der Waals surface area contributed by atoms with Crippen molar-refractivity contribution in [3.63, 3.8) is 0 Å². The van der Waals surface area contributed by atoms with Crippen LogP contribution in [0.5, 0.6) is 0 Å². The highest BCUT2D eigenvalue weighted by Crippen LogP contribution is 2.36. The summed E-state index contributed by atoms with van der Waals surface area (Å²) < 4.78 is 7.17. The van der Waals surface area contributed by atoms with Crippen LogP contribution in [0.4, 0.5) is 5.00 Å². The van der Waals surface area contributed by atoms with Crippen LogP contribution in [0.15, 0.2) is 89.4 Å². The molecule has 7 nitrogen and oxygen atoms in total. The molecule has 190 valence electrons. The molecule has 0 spiro atoms. The van der Waals surface area contributed by atoms with Gasteiger partial charge in [0.1, 0.15) is 10.8 Å². The van der Waals surface area contributed by atoms with Crippen LogP contribution < -0.4 is 5.32 Å². The number of nitrogens with one attached hydrogen (secondary N) is 1. The Morgan fingerprint density at radius 3 is 2.51 bits per heavy atom. The van der Waals surface area contributed by atoms with E-state index in [4.69, 9.17) is 4.74 Å². The van der Waals surface area contributed by atoms with Crippen LogP contribution in [0.2, 0.25) is 0 Å². The summed E-state index contributed by atoms with van der Waals surface area (Å²) in [6.07, 6.45) is 1.78. The zero-order chi connectivity index (χ0) is 26.0. The van der Waals surface area contributed by atoms with Gasteiger partial charge in [-0.05, 0) is 30.7 Å². The number of allylic oxidation sites excluding steroid dienone is 1. The van der Waals surface area contributed by atoms with Crippen molar-refractivity contribution < 1.29 is 14.3 Å². The Balaban J connectivity index is 1.44. The first-order valence-corrected chi connectivity index (χ1v) is 14.4. The predicted molar refractivity (Wildman–Crippen MR) is 151 cm³/mol. The summed E-state index contributed by atoms with van der Waals surface area (Å²) in [4.78, 5) is 27.5. The molecule has 0 aliphatic heterocycles. The first kappa shape index (κ1) is 26.7. The fourth-order valence-electron chi connectivity index (χ4n) is 3.39. The Morgan fingerprint density at radius 1 is 1.08 bits per heavy atom. The van der Waals surface area contributed by atoms with Crippen LogP contribution in [-0.4, -0.2) is 39.0 Å². The molecule has 0 fully saturated rings. The summed E-state index contributed by atoms with van der Waals surface area (Å²) in [7, 11) is 0. The Kier molecular flexibility index (Phi) is 9.58. The van der Waals surface area contributed by atoms with Crippen LogP contribution in [0, 0.1) is 0 Å². The van der Waals surface area contributed by atoms with Crippen LogP contribution in [-0.2, 0) is 21.8 Å². The summed E-state index contributed by atoms with van der Waals surface area (Å²) >= 11 is 4.31. The van der Waals surface area contributed by atoms with Gasteiger partial charge < -0.3 is 14.6 Å². The van der Waals surface area contributed by atoms with Gasteiger partial charge in [-0.25, -0.2) is 4.79 Å². The third kappa shape index (κ3) is 7.12. The second-order valence-corrected chi connectivity index (χ2v) is 10.7. The third-order valence-corrected chi connectivity index (χ3v) is 8.16. The number of hydrogen-bond acceptors (Lipinski definition) is 8. The normalized spacial score (nSPS) is 10.7. The lowest BCUT2D eigenvalue weighted by Gasteiger charge is -2.08. The molecule has 1 amide bonds. The molecule has 0 atom stereocenters. The minimum Gasteiger partial charge on any atom is -0.462 e. The smallest absolute Gasteiger partial charge is 0.341 e. The van der Waals surface area contributed by atoms with E-state index < -0.39 is 5.97 Å². The monoisotopic (exact) mass is 550 g/mol. The molecule has 2 aromatic heterocycles. The Labute approximate surface area is 228 Å².